The summed E-state index contributed by atoms with van der Waals surface area (Å²) < 4.78 is 16.8. The topological polar surface area (TPSA) is 78.9 Å². The third kappa shape index (κ3) is 47.7. The zero-order valence-electron chi connectivity index (χ0n) is 41.6. The molecule has 61 heavy (non-hydrogen) atoms. The van der Waals surface area contributed by atoms with Crippen molar-refractivity contribution < 1.29 is 28.6 Å². The molecule has 1 unspecified atom stereocenters. The molecule has 0 spiro atoms. The van der Waals surface area contributed by atoms with E-state index in [0.29, 0.717) is 19.3 Å². The Bertz CT molecular complexity index is 920. The molecule has 0 radical (unpaired) electrons. The van der Waals surface area contributed by atoms with Crippen molar-refractivity contribution in [1.29, 1.82) is 0 Å². The highest BCUT2D eigenvalue weighted by Gasteiger charge is 2.19. The molecule has 0 N–H and O–H groups in total. The molecule has 2 atom stereocenters. The van der Waals surface area contributed by atoms with E-state index in [4.69, 9.17) is 14.2 Å². The van der Waals surface area contributed by atoms with E-state index in [9.17, 15) is 14.4 Å². The first-order chi connectivity index (χ1) is 29.9. The van der Waals surface area contributed by atoms with Crippen molar-refractivity contribution in [2.45, 2.75) is 316 Å². The Hall–Kier alpha value is -1.59. The summed E-state index contributed by atoms with van der Waals surface area (Å²) in [4.78, 5) is 37.8. The third-order valence-corrected chi connectivity index (χ3v) is 12.9. The lowest BCUT2D eigenvalue weighted by Gasteiger charge is -2.18. The molecule has 0 aromatic carbocycles. The Morgan fingerprint density at radius 3 is 0.852 bits per heavy atom. The molecule has 0 aromatic heterocycles. The van der Waals surface area contributed by atoms with Crippen LogP contribution in [0.3, 0.4) is 0 Å². The van der Waals surface area contributed by atoms with Gasteiger partial charge < -0.3 is 14.2 Å². The zero-order valence-corrected chi connectivity index (χ0v) is 41.6. The quantitative estimate of drug-likeness (QED) is 0.0344. The van der Waals surface area contributed by atoms with E-state index in [0.717, 1.165) is 63.7 Å². The van der Waals surface area contributed by atoms with Gasteiger partial charge in [0.1, 0.15) is 13.2 Å². The Labute approximate surface area is 380 Å². The van der Waals surface area contributed by atoms with E-state index in [1.54, 1.807) is 0 Å². The Morgan fingerprint density at radius 1 is 0.328 bits per heavy atom. The van der Waals surface area contributed by atoms with Gasteiger partial charge in [0, 0.05) is 19.3 Å². The fraction of sp³-hybridized carbons (Fsp3) is 0.945. The maximum absolute atomic E-state index is 12.8. The molecule has 0 aliphatic carbocycles. The van der Waals surface area contributed by atoms with E-state index in [-0.39, 0.29) is 31.1 Å². The van der Waals surface area contributed by atoms with Gasteiger partial charge in [-0.1, -0.05) is 272 Å². The minimum Gasteiger partial charge on any atom is -0.462 e. The molecule has 0 saturated heterocycles. The average Bonchev–Trinajstić information content (AvgIpc) is 3.26. The molecule has 6 heteroatoms. The largest absolute Gasteiger partial charge is 0.462 e. The highest BCUT2D eigenvalue weighted by molar-refractivity contribution is 5.71. The standard InChI is InChI=1S/C55H106O6/c1-5-8-10-12-14-15-16-17-25-28-31-35-39-43-47-54(57)60-50-52(49-59-53(56)46-42-38-33-13-11-9-6-2)61-55(58)48-44-40-36-32-29-26-23-21-19-18-20-22-24-27-30-34-37-41-45-51(4)7-3/h51-52H,5-50H2,1-4H3/t51?,52-/m0/s1. The van der Waals surface area contributed by atoms with Crippen molar-refractivity contribution in [3.8, 4) is 0 Å². The van der Waals surface area contributed by atoms with Gasteiger partial charge in [-0.3, -0.25) is 14.4 Å². The molecule has 0 heterocycles. The molecule has 0 bridgehead atoms. The number of unbranched alkanes of at least 4 members (excludes halogenated alkanes) is 36. The Kier molecular flexibility index (Phi) is 48.1. The number of hydrogen-bond acceptors (Lipinski definition) is 6. The summed E-state index contributed by atoms with van der Waals surface area (Å²) in [6.45, 7) is 9.05. The number of hydrogen-bond donors (Lipinski definition) is 0. The van der Waals surface area contributed by atoms with Crippen LogP contribution in [-0.4, -0.2) is 37.2 Å². The smallest absolute Gasteiger partial charge is 0.306 e. The van der Waals surface area contributed by atoms with E-state index in [1.807, 2.05) is 0 Å². The van der Waals surface area contributed by atoms with Crippen LogP contribution >= 0.6 is 0 Å². The molecule has 0 aliphatic heterocycles. The first-order valence-corrected chi connectivity index (χ1v) is 27.4. The summed E-state index contributed by atoms with van der Waals surface area (Å²) in [6, 6.07) is 0. The summed E-state index contributed by atoms with van der Waals surface area (Å²) in [6.07, 6.45) is 52.5. The summed E-state index contributed by atoms with van der Waals surface area (Å²) >= 11 is 0. The summed E-state index contributed by atoms with van der Waals surface area (Å²) in [5, 5.41) is 0. The second-order valence-corrected chi connectivity index (χ2v) is 19.1. The number of rotatable bonds is 50. The van der Waals surface area contributed by atoms with E-state index in [2.05, 4.69) is 27.7 Å². The second-order valence-electron chi connectivity index (χ2n) is 19.1. The van der Waals surface area contributed by atoms with Crippen LogP contribution in [0.1, 0.15) is 310 Å². The molecular formula is C55H106O6. The fourth-order valence-corrected chi connectivity index (χ4v) is 8.36. The van der Waals surface area contributed by atoms with E-state index >= 15 is 0 Å². The van der Waals surface area contributed by atoms with Gasteiger partial charge in [0.25, 0.3) is 0 Å². The van der Waals surface area contributed by atoms with E-state index in [1.165, 1.54) is 205 Å². The van der Waals surface area contributed by atoms with Crippen LogP contribution in [-0.2, 0) is 28.6 Å². The second kappa shape index (κ2) is 49.4. The first kappa shape index (κ1) is 59.4. The SMILES string of the molecule is CCCCCCCCCCCCCCCCC(=O)OC[C@H](COC(=O)CCCCCCCCC)OC(=O)CCCCCCCCCCCCCCCCCCCCC(C)CC. The van der Waals surface area contributed by atoms with Crippen LogP contribution in [0.4, 0.5) is 0 Å². The van der Waals surface area contributed by atoms with Crippen molar-refractivity contribution in [3.63, 3.8) is 0 Å². The van der Waals surface area contributed by atoms with Crippen LogP contribution < -0.4 is 0 Å². The molecule has 0 fully saturated rings. The highest BCUT2D eigenvalue weighted by atomic mass is 16.6. The van der Waals surface area contributed by atoms with Gasteiger partial charge in [-0.05, 0) is 25.2 Å². The first-order valence-electron chi connectivity index (χ1n) is 27.4. The minimum atomic E-state index is -0.759. The van der Waals surface area contributed by atoms with Crippen LogP contribution in [0.15, 0.2) is 0 Å². The Morgan fingerprint density at radius 2 is 0.574 bits per heavy atom. The molecule has 0 amide bonds. The number of ether oxygens (including phenoxy) is 3. The van der Waals surface area contributed by atoms with Crippen LogP contribution in [0.5, 0.6) is 0 Å². The van der Waals surface area contributed by atoms with Crippen molar-refractivity contribution in [2.75, 3.05) is 13.2 Å². The summed E-state index contributed by atoms with van der Waals surface area (Å²) in [5.74, 6) is 0.0614. The van der Waals surface area contributed by atoms with Gasteiger partial charge in [0.05, 0.1) is 0 Å². The fourth-order valence-electron chi connectivity index (χ4n) is 8.36. The number of carbonyl (C=O) groups is 3. The lowest BCUT2D eigenvalue weighted by atomic mass is 9.99. The molecule has 0 aliphatic rings. The van der Waals surface area contributed by atoms with Gasteiger partial charge in [-0.2, -0.15) is 0 Å². The summed E-state index contributed by atoms with van der Waals surface area (Å²) in [5.41, 5.74) is 0. The third-order valence-electron chi connectivity index (χ3n) is 12.9. The number of esters is 3. The lowest BCUT2D eigenvalue weighted by Crippen LogP contribution is -2.30. The summed E-state index contributed by atoms with van der Waals surface area (Å²) in [7, 11) is 0. The maximum Gasteiger partial charge on any atom is 0.306 e. The molecule has 362 valence electrons. The Balaban J connectivity index is 4.13. The maximum atomic E-state index is 12.8. The predicted molar refractivity (Wildman–Crippen MR) is 261 cm³/mol. The normalized spacial score (nSPS) is 12.4. The van der Waals surface area contributed by atoms with Crippen molar-refractivity contribution in [2.24, 2.45) is 5.92 Å². The minimum absolute atomic E-state index is 0.0628. The van der Waals surface area contributed by atoms with Crippen LogP contribution in [0, 0.1) is 5.92 Å². The lowest BCUT2D eigenvalue weighted by molar-refractivity contribution is -0.167. The van der Waals surface area contributed by atoms with Crippen molar-refractivity contribution in [1.82, 2.24) is 0 Å². The molecule has 0 saturated carbocycles. The van der Waals surface area contributed by atoms with Gasteiger partial charge >= 0.3 is 17.9 Å². The van der Waals surface area contributed by atoms with Gasteiger partial charge in [0.15, 0.2) is 6.10 Å². The molecule has 0 aromatic rings. The van der Waals surface area contributed by atoms with Gasteiger partial charge in [-0.25, -0.2) is 0 Å². The van der Waals surface area contributed by atoms with Gasteiger partial charge in [0.2, 0.25) is 0 Å². The highest BCUT2D eigenvalue weighted by Crippen LogP contribution is 2.18. The number of carbonyl (C=O) groups excluding carboxylic acids is 3. The van der Waals surface area contributed by atoms with Crippen LogP contribution in [0.25, 0.3) is 0 Å². The monoisotopic (exact) mass is 863 g/mol. The molecule has 0 rings (SSSR count). The zero-order chi connectivity index (χ0) is 44.5. The van der Waals surface area contributed by atoms with E-state index < -0.39 is 6.10 Å². The van der Waals surface area contributed by atoms with Gasteiger partial charge in [-0.15, -0.1) is 0 Å². The molecular weight excluding hydrogens is 757 g/mol. The predicted octanol–water partition coefficient (Wildman–Crippen LogP) is 17.8. The van der Waals surface area contributed by atoms with Crippen molar-refractivity contribution in [3.05, 3.63) is 0 Å². The average molecular weight is 863 g/mol. The molecule has 6 nitrogen and oxygen atoms in total. The van der Waals surface area contributed by atoms with Crippen molar-refractivity contribution >= 4 is 17.9 Å². The van der Waals surface area contributed by atoms with Crippen LogP contribution in [0.2, 0.25) is 0 Å².